The average molecular weight is 490 g/mol. The molecule has 0 saturated heterocycles. The summed E-state index contributed by atoms with van der Waals surface area (Å²) in [6, 6.07) is 21.1. The number of ether oxygens (including phenoxy) is 1. The minimum absolute atomic E-state index is 0.0537. The first-order valence-corrected chi connectivity index (χ1v) is 12.5. The number of benzene rings is 2. The van der Waals surface area contributed by atoms with Crippen molar-refractivity contribution in [1.82, 2.24) is 5.32 Å². The number of allylic oxidation sites excluding steroid dienone is 3. The van der Waals surface area contributed by atoms with Gasteiger partial charge in [-0.05, 0) is 48.1 Å². The monoisotopic (exact) mass is 489 g/mol. The summed E-state index contributed by atoms with van der Waals surface area (Å²) >= 11 is 8.00. The molecule has 2 heterocycles. The normalized spacial score (nSPS) is 20.1. The first kappa shape index (κ1) is 22.6. The number of halogens is 1. The Bertz CT molecular complexity index is 1290. The number of dihydropyridines is 1. The lowest BCUT2D eigenvalue weighted by atomic mass is 9.72. The van der Waals surface area contributed by atoms with Crippen LogP contribution >= 0.6 is 22.9 Å². The third-order valence-electron chi connectivity index (χ3n) is 6.39. The molecule has 3 aromatic rings. The van der Waals surface area contributed by atoms with E-state index in [1.54, 1.807) is 17.4 Å². The number of esters is 1. The fourth-order valence-electron chi connectivity index (χ4n) is 4.85. The molecule has 1 N–H and O–H groups in total. The average Bonchev–Trinajstić information content (AvgIpc) is 3.37. The van der Waals surface area contributed by atoms with E-state index in [0.717, 1.165) is 23.2 Å². The van der Waals surface area contributed by atoms with Crippen LogP contribution in [-0.4, -0.2) is 11.8 Å². The standard InChI is InChI=1S/C28H24ClNO3S/c1-17-25(28(32)33-16-18-7-3-2-4-8-18)26(19-9-5-10-21(29)13-19)27-22(30-17)14-20(15-23(27)31)24-11-6-12-34-24/h2-13,20,26,30H,14-16H2,1H3/t20-,26+/m1/s1. The van der Waals surface area contributed by atoms with E-state index in [1.807, 2.05) is 66.9 Å². The molecule has 1 aliphatic heterocycles. The molecule has 0 spiro atoms. The first-order valence-electron chi connectivity index (χ1n) is 11.2. The van der Waals surface area contributed by atoms with Crippen molar-refractivity contribution in [2.24, 2.45) is 0 Å². The molecule has 2 aliphatic rings. The third-order valence-corrected chi connectivity index (χ3v) is 7.66. The van der Waals surface area contributed by atoms with Crippen molar-refractivity contribution in [1.29, 1.82) is 0 Å². The fourth-order valence-corrected chi connectivity index (χ4v) is 5.88. The molecule has 34 heavy (non-hydrogen) atoms. The summed E-state index contributed by atoms with van der Waals surface area (Å²) < 4.78 is 5.71. The van der Waals surface area contributed by atoms with Gasteiger partial charge in [-0.1, -0.05) is 60.1 Å². The molecule has 1 aliphatic carbocycles. The van der Waals surface area contributed by atoms with E-state index >= 15 is 0 Å². The first-order chi connectivity index (χ1) is 16.5. The van der Waals surface area contributed by atoms with E-state index in [-0.39, 0.29) is 18.3 Å². The van der Waals surface area contributed by atoms with Gasteiger partial charge in [0.2, 0.25) is 0 Å². The largest absolute Gasteiger partial charge is 0.457 e. The van der Waals surface area contributed by atoms with Crippen molar-refractivity contribution in [3.05, 3.63) is 116 Å². The number of ketones is 1. The molecule has 4 nitrogen and oxygen atoms in total. The number of carbonyl (C=O) groups is 2. The molecule has 0 unspecified atom stereocenters. The van der Waals surface area contributed by atoms with Crippen LogP contribution in [0.2, 0.25) is 5.02 Å². The second-order valence-corrected chi connectivity index (χ2v) is 10.1. The second-order valence-electron chi connectivity index (χ2n) is 8.65. The summed E-state index contributed by atoms with van der Waals surface area (Å²) in [7, 11) is 0. The molecule has 0 radical (unpaired) electrons. The number of hydrogen-bond acceptors (Lipinski definition) is 5. The Kier molecular flexibility index (Phi) is 6.40. The zero-order valence-corrected chi connectivity index (χ0v) is 20.3. The molecule has 172 valence electrons. The number of Topliss-reactive ketones (excluding diaryl/α,β-unsaturated/α-hetero) is 1. The van der Waals surface area contributed by atoms with Crippen LogP contribution in [0, 0.1) is 0 Å². The summed E-state index contributed by atoms with van der Waals surface area (Å²) in [6.45, 7) is 2.04. The quantitative estimate of drug-likeness (QED) is 0.415. The van der Waals surface area contributed by atoms with Crippen molar-refractivity contribution < 1.29 is 14.3 Å². The zero-order valence-electron chi connectivity index (χ0n) is 18.7. The molecule has 6 heteroatoms. The van der Waals surface area contributed by atoms with Crippen LogP contribution in [0.15, 0.2) is 94.7 Å². The smallest absolute Gasteiger partial charge is 0.337 e. The highest BCUT2D eigenvalue weighted by molar-refractivity contribution is 7.10. The van der Waals surface area contributed by atoms with Gasteiger partial charge in [0, 0.05) is 45.1 Å². The van der Waals surface area contributed by atoms with Gasteiger partial charge in [0.1, 0.15) is 6.61 Å². The van der Waals surface area contributed by atoms with Gasteiger partial charge in [-0.3, -0.25) is 4.79 Å². The Balaban J connectivity index is 1.52. The minimum atomic E-state index is -0.519. The maximum Gasteiger partial charge on any atom is 0.337 e. The van der Waals surface area contributed by atoms with Crippen molar-refractivity contribution >= 4 is 34.7 Å². The molecule has 2 aromatic carbocycles. The Hall–Kier alpha value is -3.15. The SMILES string of the molecule is CC1=C(C(=O)OCc2ccccc2)[C@H](c2cccc(Cl)c2)C2=C(C[C@@H](c3cccs3)CC2=O)N1. The second kappa shape index (κ2) is 9.61. The van der Waals surface area contributed by atoms with E-state index in [9.17, 15) is 9.59 Å². The van der Waals surface area contributed by atoms with Crippen LogP contribution in [0.25, 0.3) is 0 Å². The van der Waals surface area contributed by atoms with Gasteiger partial charge in [0.25, 0.3) is 0 Å². The van der Waals surface area contributed by atoms with Gasteiger partial charge in [-0.2, -0.15) is 0 Å². The summed E-state index contributed by atoms with van der Waals surface area (Å²) in [4.78, 5) is 28.2. The molecular weight excluding hydrogens is 466 g/mol. The Labute approximate surface area is 207 Å². The van der Waals surface area contributed by atoms with Gasteiger partial charge in [-0.25, -0.2) is 4.79 Å². The predicted molar refractivity (Wildman–Crippen MR) is 135 cm³/mol. The minimum Gasteiger partial charge on any atom is -0.457 e. The van der Waals surface area contributed by atoms with Gasteiger partial charge in [0.15, 0.2) is 5.78 Å². The highest BCUT2D eigenvalue weighted by Crippen LogP contribution is 2.46. The van der Waals surface area contributed by atoms with E-state index in [0.29, 0.717) is 28.3 Å². The predicted octanol–water partition coefficient (Wildman–Crippen LogP) is 6.51. The number of rotatable bonds is 5. The number of carbonyl (C=O) groups excluding carboxylic acids is 2. The maximum absolute atomic E-state index is 13.6. The topological polar surface area (TPSA) is 55.4 Å². The highest BCUT2D eigenvalue weighted by atomic mass is 35.5. The lowest BCUT2D eigenvalue weighted by molar-refractivity contribution is -0.140. The molecule has 0 saturated carbocycles. The van der Waals surface area contributed by atoms with Crippen LogP contribution in [0.3, 0.4) is 0 Å². The summed E-state index contributed by atoms with van der Waals surface area (Å²) in [6.07, 6.45) is 1.14. The molecule has 0 bridgehead atoms. The lowest BCUT2D eigenvalue weighted by Gasteiger charge is -2.36. The van der Waals surface area contributed by atoms with Crippen LogP contribution in [0.1, 0.15) is 47.6 Å². The summed E-state index contributed by atoms with van der Waals surface area (Å²) in [5.74, 6) is -0.760. The number of hydrogen-bond donors (Lipinski definition) is 1. The highest BCUT2D eigenvalue weighted by Gasteiger charge is 2.41. The zero-order chi connectivity index (χ0) is 23.7. The van der Waals surface area contributed by atoms with Gasteiger partial charge in [-0.15, -0.1) is 11.3 Å². The van der Waals surface area contributed by atoms with Gasteiger partial charge >= 0.3 is 5.97 Å². The molecule has 0 amide bonds. The van der Waals surface area contributed by atoms with Gasteiger partial charge in [0.05, 0.1) is 5.57 Å². The Morgan fingerprint density at radius 2 is 1.91 bits per heavy atom. The Morgan fingerprint density at radius 3 is 2.65 bits per heavy atom. The molecule has 2 atom stereocenters. The van der Waals surface area contributed by atoms with Crippen molar-refractivity contribution in [3.8, 4) is 0 Å². The molecule has 5 rings (SSSR count). The van der Waals surface area contributed by atoms with Crippen LogP contribution in [0.5, 0.6) is 0 Å². The van der Waals surface area contributed by atoms with Crippen LogP contribution in [-0.2, 0) is 20.9 Å². The number of nitrogens with one attached hydrogen (secondary N) is 1. The molecular formula is C28H24ClNO3S. The van der Waals surface area contributed by atoms with Crippen molar-refractivity contribution in [2.45, 2.75) is 38.2 Å². The van der Waals surface area contributed by atoms with Crippen LogP contribution in [0.4, 0.5) is 0 Å². The van der Waals surface area contributed by atoms with Crippen molar-refractivity contribution in [3.63, 3.8) is 0 Å². The molecule has 1 aromatic heterocycles. The molecule has 0 fully saturated rings. The number of thiophene rings is 1. The van der Waals surface area contributed by atoms with Gasteiger partial charge < -0.3 is 10.1 Å². The third kappa shape index (κ3) is 4.46. The van der Waals surface area contributed by atoms with E-state index in [1.165, 1.54) is 4.88 Å². The summed E-state index contributed by atoms with van der Waals surface area (Å²) in [5.41, 5.74) is 4.42. The van der Waals surface area contributed by atoms with E-state index in [2.05, 4.69) is 11.4 Å². The Morgan fingerprint density at radius 1 is 1.09 bits per heavy atom. The lowest BCUT2D eigenvalue weighted by Crippen LogP contribution is -2.36. The summed E-state index contributed by atoms with van der Waals surface area (Å²) in [5, 5.41) is 6.00. The fraction of sp³-hybridized carbons (Fsp3) is 0.214. The van der Waals surface area contributed by atoms with Crippen LogP contribution < -0.4 is 5.32 Å². The van der Waals surface area contributed by atoms with E-state index in [4.69, 9.17) is 16.3 Å². The van der Waals surface area contributed by atoms with E-state index < -0.39 is 11.9 Å². The van der Waals surface area contributed by atoms with Crippen molar-refractivity contribution in [2.75, 3.05) is 0 Å². The maximum atomic E-state index is 13.6.